The van der Waals surface area contributed by atoms with Crippen LogP contribution in [0, 0.1) is 11.6 Å². The molecule has 0 aliphatic heterocycles. The van der Waals surface area contributed by atoms with Crippen molar-refractivity contribution in [3.63, 3.8) is 0 Å². The lowest BCUT2D eigenvalue weighted by Crippen LogP contribution is -2.25. The van der Waals surface area contributed by atoms with Crippen molar-refractivity contribution in [3.8, 4) is 11.1 Å². The molecule has 3 aromatic carbocycles. The smallest absolute Gasteiger partial charge is 0.335 e. The van der Waals surface area contributed by atoms with Crippen molar-refractivity contribution in [1.29, 1.82) is 0 Å². The van der Waals surface area contributed by atoms with Gasteiger partial charge < -0.3 is 10.4 Å². The number of carboxylic acids is 1. The first-order valence-electron chi connectivity index (χ1n) is 11.6. The number of aromatic carboxylic acids is 1. The number of fused-ring (bicyclic) bond motifs is 1. The number of nitrogens with zero attached hydrogens (tertiary/aromatic N) is 2. The first kappa shape index (κ1) is 25.1. The predicted molar refractivity (Wildman–Crippen MR) is 139 cm³/mol. The predicted octanol–water partition coefficient (Wildman–Crippen LogP) is 6.15. The van der Waals surface area contributed by atoms with Crippen LogP contribution in [0.3, 0.4) is 0 Å². The van der Waals surface area contributed by atoms with Crippen LogP contribution in [0.15, 0.2) is 85.1 Å². The number of nitrogens with one attached hydrogen (secondary N) is 1. The Morgan fingerprint density at radius 1 is 0.895 bits per heavy atom. The zero-order valence-electron chi connectivity index (χ0n) is 19.8. The fraction of sp³-hybridized carbons (Fsp3) is 0.0690. The van der Waals surface area contributed by atoms with Crippen LogP contribution in [-0.4, -0.2) is 26.4 Å². The summed E-state index contributed by atoms with van der Waals surface area (Å²) < 4.78 is 29.6. The SMILES string of the molecule is O=C(O)c1ccc(CNC(=O)c2cc(-c3cc(F)cc(F)c3)cc3cnc(Cc4cccc(Cl)c4)n23)cc1. The molecule has 2 heterocycles. The molecule has 0 fully saturated rings. The largest absolute Gasteiger partial charge is 0.478 e. The van der Waals surface area contributed by atoms with Crippen LogP contribution >= 0.6 is 11.6 Å². The van der Waals surface area contributed by atoms with E-state index in [9.17, 15) is 18.4 Å². The van der Waals surface area contributed by atoms with Crippen molar-refractivity contribution in [3.05, 3.63) is 130 Å². The third kappa shape index (κ3) is 5.40. The standard InChI is InChI=1S/C29H20ClF2N3O3/c30-22-3-1-2-18(8-22)9-27-33-16-25-12-21(20-10-23(31)14-24(32)11-20)13-26(35(25)27)28(36)34-15-17-4-6-19(7-5-17)29(37)38/h1-8,10-14,16H,9,15H2,(H,34,36)(H,37,38). The minimum atomic E-state index is -1.04. The Hall–Kier alpha value is -4.56. The number of carboxylic acid groups (broad SMARTS) is 1. The summed E-state index contributed by atoms with van der Waals surface area (Å²) in [6.07, 6.45) is 1.99. The number of halogens is 3. The fourth-order valence-electron chi connectivity index (χ4n) is 4.24. The van der Waals surface area contributed by atoms with Crippen molar-refractivity contribution >= 4 is 29.0 Å². The molecule has 0 saturated carbocycles. The lowest BCUT2D eigenvalue weighted by Gasteiger charge is -2.13. The van der Waals surface area contributed by atoms with Crippen LogP contribution < -0.4 is 5.32 Å². The van der Waals surface area contributed by atoms with Gasteiger partial charge >= 0.3 is 5.97 Å². The third-order valence-electron chi connectivity index (χ3n) is 6.03. The van der Waals surface area contributed by atoms with E-state index in [2.05, 4.69) is 10.3 Å². The molecular formula is C29H20ClF2N3O3. The number of pyridine rings is 1. The Morgan fingerprint density at radius 3 is 2.29 bits per heavy atom. The van der Waals surface area contributed by atoms with Crippen molar-refractivity contribution in [1.82, 2.24) is 14.7 Å². The van der Waals surface area contributed by atoms with Gasteiger partial charge in [0.2, 0.25) is 0 Å². The number of aromatic nitrogens is 2. The molecular weight excluding hydrogens is 512 g/mol. The summed E-state index contributed by atoms with van der Waals surface area (Å²) in [5.41, 5.74) is 3.25. The highest BCUT2D eigenvalue weighted by molar-refractivity contribution is 6.30. The molecule has 0 radical (unpaired) electrons. The van der Waals surface area contributed by atoms with Gasteiger partial charge in [0, 0.05) is 24.1 Å². The molecule has 9 heteroatoms. The molecule has 190 valence electrons. The maximum absolute atomic E-state index is 14.0. The number of carbonyl (C=O) groups is 2. The molecule has 6 nitrogen and oxygen atoms in total. The molecule has 0 bridgehead atoms. The lowest BCUT2D eigenvalue weighted by molar-refractivity contribution is 0.0696. The van der Waals surface area contributed by atoms with Crippen molar-refractivity contribution < 1.29 is 23.5 Å². The van der Waals surface area contributed by atoms with E-state index < -0.39 is 23.5 Å². The number of imidazole rings is 1. The maximum atomic E-state index is 14.0. The van der Waals surface area contributed by atoms with Gasteiger partial charge in [-0.15, -0.1) is 0 Å². The fourth-order valence-corrected chi connectivity index (χ4v) is 4.46. The average molecular weight is 532 g/mol. The second kappa shape index (κ2) is 10.4. The summed E-state index contributed by atoms with van der Waals surface area (Å²) in [5.74, 6) is -2.37. The second-order valence-corrected chi connectivity index (χ2v) is 9.15. The van der Waals surface area contributed by atoms with Crippen LogP contribution in [0.4, 0.5) is 8.78 Å². The van der Waals surface area contributed by atoms with Crippen LogP contribution in [0.25, 0.3) is 16.6 Å². The van der Waals surface area contributed by atoms with Crippen molar-refractivity contribution in [2.24, 2.45) is 0 Å². The molecule has 5 aromatic rings. The van der Waals surface area contributed by atoms with Crippen LogP contribution in [0.5, 0.6) is 0 Å². The number of benzene rings is 3. The first-order valence-corrected chi connectivity index (χ1v) is 12.0. The topological polar surface area (TPSA) is 83.7 Å². The van der Waals surface area contributed by atoms with E-state index in [4.69, 9.17) is 16.7 Å². The number of hydrogen-bond donors (Lipinski definition) is 2. The van der Waals surface area contributed by atoms with Crippen molar-refractivity contribution in [2.75, 3.05) is 0 Å². The highest BCUT2D eigenvalue weighted by Crippen LogP contribution is 2.27. The van der Waals surface area contributed by atoms with Crippen molar-refractivity contribution in [2.45, 2.75) is 13.0 Å². The average Bonchev–Trinajstić information content (AvgIpc) is 3.29. The van der Waals surface area contributed by atoms with E-state index in [1.54, 1.807) is 40.9 Å². The lowest BCUT2D eigenvalue weighted by atomic mass is 10.0. The minimum Gasteiger partial charge on any atom is -0.478 e. The molecule has 5 rings (SSSR count). The zero-order chi connectivity index (χ0) is 26.8. The minimum absolute atomic E-state index is 0.136. The molecule has 2 N–H and O–H groups in total. The number of hydrogen-bond acceptors (Lipinski definition) is 3. The zero-order valence-corrected chi connectivity index (χ0v) is 20.5. The Kier molecular flexibility index (Phi) is 6.89. The van der Waals surface area contributed by atoms with Crippen LogP contribution in [-0.2, 0) is 13.0 Å². The third-order valence-corrected chi connectivity index (χ3v) is 6.27. The van der Waals surface area contributed by atoms with E-state index in [1.807, 2.05) is 18.2 Å². The maximum Gasteiger partial charge on any atom is 0.335 e. The molecule has 0 aliphatic rings. The van der Waals surface area contributed by atoms with Gasteiger partial charge in [-0.1, -0.05) is 35.9 Å². The van der Waals surface area contributed by atoms with E-state index in [0.717, 1.165) is 11.6 Å². The monoisotopic (exact) mass is 531 g/mol. The van der Waals surface area contributed by atoms with Gasteiger partial charge in [-0.3, -0.25) is 9.20 Å². The molecule has 0 saturated heterocycles. The normalized spacial score (nSPS) is 11.0. The summed E-state index contributed by atoms with van der Waals surface area (Å²) in [7, 11) is 0. The van der Waals surface area contributed by atoms with Crippen LogP contribution in [0.1, 0.15) is 37.8 Å². The van der Waals surface area contributed by atoms with E-state index in [-0.39, 0.29) is 23.4 Å². The van der Waals surface area contributed by atoms with E-state index >= 15 is 0 Å². The summed E-state index contributed by atoms with van der Waals surface area (Å²) in [6.45, 7) is 0.136. The molecule has 0 unspecified atom stereocenters. The van der Waals surface area contributed by atoms with Crippen LogP contribution in [0.2, 0.25) is 5.02 Å². The Bertz CT molecular complexity index is 1660. The van der Waals surface area contributed by atoms with E-state index in [0.29, 0.717) is 33.9 Å². The number of carbonyl (C=O) groups excluding carboxylic acids is 1. The molecule has 0 atom stereocenters. The Balaban J connectivity index is 1.54. The summed E-state index contributed by atoms with van der Waals surface area (Å²) in [6, 6.07) is 19.9. The highest BCUT2D eigenvalue weighted by Gasteiger charge is 2.18. The van der Waals surface area contributed by atoms with E-state index in [1.165, 1.54) is 24.3 Å². The van der Waals surface area contributed by atoms with Gasteiger partial charge in [0.05, 0.1) is 17.3 Å². The van der Waals surface area contributed by atoms with Gasteiger partial charge in [-0.25, -0.2) is 18.6 Å². The Labute approximate surface area is 221 Å². The quantitative estimate of drug-likeness (QED) is 0.264. The summed E-state index contributed by atoms with van der Waals surface area (Å²) >= 11 is 6.14. The number of amides is 1. The summed E-state index contributed by atoms with van der Waals surface area (Å²) in [5, 5.41) is 12.5. The molecule has 0 aliphatic carbocycles. The molecule has 0 spiro atoms. The molecule has 2 aromatic heterocycles. The molecule has 38 heavy (non-hydrogen) atoms. The Morgan fingerprint density at radius 2 is 1.61 bits per heavy atom. The van der Waals surface area contributed by atoms with Gasteiger partial charge in [0.25, 0.3) is 5.91 Å². The van der Waals surface area contributed by atoms with Gasteiger partial charge in [-0.2, -0.15) is 0 Å². The first-order chi connectivity index (χ1) is 18.3. The van der Waals surface area contributed by atoms with Gasteiger partial charge in [-0.05, 0) is 70.8 Å². The second-order valence-electron chi connectivity index (χ2n) is 8.71. The summed E-state index contributed by atoms with van der Waals surface area (Å²) in [4.78, 5) is 29.1. The van der Waals surface area contributed by atoms with Gasteiger partial charge in [0.1, 0.15) is 23.2 Å². The molecule has 1 amide bonds. The highest BCUT2D eigenvalue weighted by atomic mass is 35.5. The van der Waals surface area contributed by atoms with Gasteiger partial charge in [0.15, 0.2) is 0 Å². The number of rotatable bonds is 7.